The van der Waals surface area contributed by atoms with E-state index in [1.54, 1.807) is 6.92 Å². The van der Waals surface area contributed by atoms with E-state index in [1.165, 1.54) is 0 Å². The van der Waals surface area contributed by atoms with Crippen LogP contribution in [0.2, 0.25) is 0 Å². The van der Waals surface area contributed by atoms with Crippen molar-refractivity contribution < 1.29 is 8.94 Å². The maximum atomic E-state index is 5.53. The summed E-state index contributed by atoms with van der Waals surface area (Å²) in [5, 5.41) is 7.15. The van der Waals surface area contributed by atoms with E-state index in [1.807, 2.05) is 36.4 Å². The van der Waals surface area contributed by atoms with E-state index >= 15 is 0 Å². The molecule has 0 amide bonds. The predicted octanol–water partition coefficient (Wildman–Crippen LogP) is 3.85. The van der Waals surface area contributed by atoms with Gasteiger partial charge < -0.3 is 14.3 Å². The van der Waals surface area contributed by atoms with Crippen molar-refractivity contribution in [2.24, 2.45) is 0 Å². The second-order valence-electron chi connectivity index (χ2n) is 4.25. The molecule has 2 aromatic heterocycles. The van der Waals surface area contributed by atoms with E-state index in [-0.39, 0.29) is 0 Å². The Morgan fingerprint density at radius 3 is 2.75 bits per heavy atom. The van der Waals surface area contributed by atoms with Gasteiger partial charge in [-0.15, -0.1) is 0 Å². The van der Waals surface area contributed by atoms with Gasteiger partial charge in [-0.3, -0.25) is 0 Å². The van der Waals surface area contributed by atoms with E-state index in [4.69, 9.17) is 8.94 Å². The molecule has 2 heterocycles. The van der Waals surface area contributed by atoms with Crippen molar-refractivity contribution >= 4 is 28.3 Å². The van der Waals surface area contributed by atoms with Crippen molar-refractivity contribution in [3.8, 4) is 11.5 Å². The Morgan fingerprint density at radius 2 is 2.05 bits per heavy atom. The molecule has 0 aliphatic carbocycles. The van der Waals surface area contributed by atoms with Crippen molar-refractivity contribution in [1.82, 2.24) is 10.1 Å². The molecular weight excluding hydrogens is 369 g/mol. The first kappa shape index (κ1) is 13.2. The molecule has 20 heavy (non-hydrogen) atoms. The summed E-state index contributed by atoms with van der Waals surface area (Å²) < 4.78 is 11.6. The van der Waals surface area contributed by atoms with Gasteiger partial charge in [0, 0.05) is 5.69 Å². The maximum Gasteiger partial charge on any atom is 0.260 e. The summed E-state index contributed by atoms with van der Waals surface area (Å²) in [4.78, 5) is 4.26. The number of nitrogens with zero attached hydrogens (tertiary/aromatic N) is 2. The van der Waals surface area contributed by atoms with Crippen molar-refractivity contribution in [3.63, 3.8) is 0 Å². The first-order chi connectivity index (χ1) is 9.72. The first-order valence-electron chi connectivity index (χ1n) is 6.10. The number of para-hydroxylation sites is 1. The molecule has 5 nitrogen and oxygen atoms in total. The lowest BCUT2D eigenvalue weighted by atomic mass is 10.1. The summed E-state index contributed by atoms with van der Waals surface area (Å²) in [6.45, 7) is 2.40. The minimum atomic E-state index is 0.514. The Balaban J connectivity index is 1.83. The van der Waals surface area contributed by atoms with Crippen LogP contribution in [0.5, 0.6) is 0 Å². The number of halogens is 1. The average molecular weight is 381 g/mol. The van der Waals surface area contributed by atoms with E-state index in [9.17, 15) is 0 Å². The van der Waals surface area contributed by atoms with Crippen LogP contribution >= 0.6 is 22.6 Å². The summed E-state index contributed by atoms with van der Waals surface area (Å²) in [5.41, 5.74) is 1.82. The third-order valence-corrected chi connectivity index (χ3v) is 3.35. The summed E-state index contributed by atoms with van der Waals surface area (Å²) in [5.74, 6) is 2.01. The summed E-state index contributed by atoms with van der Waals surface area (Å²) in [7, 11) is 0. The highest BCUT2D eigenvalue weighted by Gasteiger charge is 2.11. The lowest BCUT2D eigenvalue weighted by Crippen LogP contribution is -1.99. The van der Waals surface area contributed by atoms with Gasteiger partial charge in [-0.05, 0) is 53.8 Å². The van der Waals surface area contributed by atoms with Gasteiger partial charge in [-0.1, -0.05) is 17.3 Å². The number of furan rings is 1. The molecule has 6 heteroatoms. The molecule has 0 bridgehead atoms. The Kier molecular flexibility index (Phi) is 3.72. The molecule has 0 aliphatic rings. The molecule has 0 atom stereocenters. The van der Waals surface area contributed by atoms with Crippen molar-refractivity contribution in [3.05, 3.63) is 51.7 Å². The van der Waals surface area contributed by atoms with Gasteiger partial charge in [-0.2, -0.15) is 4.98 Å². The maximum absolute atomic E-state index is 5.53. The van der Waals surface area contributed by atoms with E-state index < -0.39 is 0 Å². The molecule has 3 rings (SSSR count). The van der Waals surface area contributed by atoms with E-state index in [0.29, 0.717) is 18.3 Å². The average Bonchev–Trinajstić information content (AvgIpc) is 3.06. The summed E-state index contributed by atoms with van der Waals surface area (Å²) in [6, 6.07) is 11.7. The van der Waals surface area contributed by atoms with Crippen LogP contribution in [0.15, 0.2) is 45.3 Å². The van der Waals surface area contributed by atoms with Gasteiger partial charge in [0.05, 0.1) is 12.1 Å². The number of benzene rings is 1. The Bertz CT molecular complexity index is 721. The fourth-order valence-electron chi connectivity index (χ4n) is 1.86. The van der Waals surface area contributed by atoms with Crippen molar-refractivity contribution in [1.29, 1.82) is 0 Å². The van der Waals surface area contributed by atoms with E-state index in [2.05, 4.69) is 38.0 Å². The van der Waals surface area contributed by atoms with Crippen molar-refractivity contribution in [2.45, 2.75) is 13.5 Å². The molecule has 1 N–H and O–H groups in total. The van der Waals surface area contributed by atoms with Gasteiger partial charge in [0.15, 0.2) is 9.59 Å². The minimum absolute atomic E-state index is 0.514. The summed E-state index contributed by atoms with van der Waals surface area (Å²) >= 11 is 2.15. The molecule has 0 saturated carbocycles. The van der Waals surface area contributed by atoms with Crippen molar-refractivity contribution in [2.75, 3.05) is 5.32 Å². The molecule has 0 spiro atoms. The zero-order valence-corrected chi connectivity index (χ0v) is 12.9. The highest BCUT2D eigenvalue weighted by atomic mass is 127. The van der Waals surface area contributed by atoms with Gasteiger partial charge in [0.1, 0.15) is 5.76 Å². The predicted molar refractivity (Wildman–Crippen MR) is 83.2 cm³/mol. The lowest BCUT2D eigenvalue weighted by molar-refractivity contribution is 0.425. The van der Waals surface area contributed by atoms with Crippen LogP contribution in [0.4, 0.5) is 5.69 Å². The van der Waals surface area contributed by atoms with Gasteiger partial charge >= 0.3 is 0 Å². The fraction of sp³-hybridized carbons (Fsp3) is 0.143. The Morgan fingerprint density at radius 1 is 1.20 bits per heavy atom. The SMILES string of the molecule is Cc1noc(-c2ccccc2NCc2ccc(I)o2)n1. The number of rotatable bonds is 4. The molecule has 0 aliphatic heterocycles. The molecule has 102 valence electrons. The Hall–Kier alpha value is -1.83. The molecule has 0 fully saturated rings. The molecule has 0 unspecified atom stereocenters. The van der Waals surface area contributed by atoms with Crippen LogP contribution < -0.4 is 5.32 Å². The molecule has 3 aromatic rings. The number of hydrogen-bond donors (Lipinski definition) is 1. The highest BCUT2D eigenvalue weighted by molar-refractivity contribution is 14.1. The lowest BCUT2D eigenvalue weighted by Gasteiger charge is -2.07. The third kappa shape index (κ3) is 2.84. The third-order valence-electron chi connectivity index (χ3n) is 2.77. The number of aryl methyl sites for hydroxylation is 1. The zero-order valence-electron chi connectivity index (χ0n) is 10.8. The van der Waals surface area contributed by atoms with Crippen LogP contribution in [0.3, 0.4) is 0 Å². The second-order valence-corrected chi connectivity index (χ2v) is 5.31. The normalized spacial score (nSPS) is 10.7. The zero-order chi connectivity index (χ0) is 13.9. The first-order valence-corrected chi connectivity index (χ1v) is 7.18. The fourth-order valence-corrected chi connectivity index (χ4v) is 2.32. The molecular formula is C14H12IN3O2. The molecule has 1 aromatic carbocycles. The van der Waals surface area contributed by atoms with Gasteiger partial charge in [0.2, 0.25) is 0 Å². The molecule has 0 radical (unpaired) electrons. The van der Waals surface area contributed by atoms with Crippen LogP contribution in [0.25, 0.3) is 11.5 Å². The standard InChI is InChI=1S/C14H12IN3O2/c1-9-17-14(20-18-9)11-4-2-3-5-12(11)16-8-10-6-7-13(15)19-10/h2-7,16H,8H2,1H3. The minimum Gasteiger partial charge on any atom is -0.454 e. The largest absolute Gasteiger partial charge is 0.454 e. The van der Waals surface area contributed by atoms with Crippen LogP contribution in [-0.4, -0.2) is 10.1 Å². The van der Waals surface area contributed by atoms with Crippen LogP contribution in [0.1, 0.15) is 11.6 Å². The smallest absolute Gasteiger partial charge is 0.260 e. The molecule has 0 saturated heterocycles. The van der Waals surface area contributed by atoms with Crippen LogP contribution in [-0.2, 0) is 6.54 Å². The van der Waals surface area contributed by atoms with Gasteiger partial charge in [0.25, 0.3) is 5.89 Å². The number of hydrogen-bond acceptors (Lipinski definition) is 5. The second kappa shape index (κ2) is 5.66. The topological polar surface area (TPSA) is 64.1 Å². The highest BCUT2D eigenvalue weighted by Crippen LogP contribution is 2.26. The quantitative estimate of drug-likeness (QED) is 0.696. The van der Waals surface area contributed by atoms with E-state index in [0.717, 1.165) is 20.8 Å². The monoisotopic (exact) mass is 381 g/mol. The van der Waals surface area contributed by atoms with Crippen LogP contribution in [0, 0.1) is 10.7 Å². The van der Waals surface area contributed by atoms with Gasteiger partial charge in [-0.25, -0.2) is 0 Å². The number of anilines is 1. The number of nitrogens with one attached hydrogen (secondary N) is 1. The summed E-state index contributed by atoms with van der Waals surface area (Å²) in [6.07, 6.45) is 0. The Labute approximate surface area is 129 Å². The number of aromatic nitrogens is 2.